The van der Waals surface area contributed by atoms with Gasteiger partial charge in [0.15, 0.2) is 5.82 Å². The molecule has 0 atom stereocenters. The second-order valence-corrected chi connectivity index (χ2v) is 4.73. The normalized spacial score (nSPS) is 10.3. The monoisotopic (exact) mass is 308 g/mol. The number of aromatic nitrogens is 2. The molecule has 4 N–H and O–H groups in total. The van der Waals surface area contributed by atoms with E-state index in [1.165, 1.54) is 0 Å². The summed E-state index contributed by atoms with van der Waals surface area (Å²) in [5.41, 5.74) is 7.61. The number of benzene rings is 1. The van der Waals surface area contributed by atoms with Gasteiger partial charge in [0, 0.05) is 21.9 Å². The number of aryl methyl sites for hydroxylation is 1. The highest BCUT2D eigenvalue weighted by molar-refractivity contribution is 9.10. The van der Waals surface area contributed by atoms with Gasteiger partial charge in [0.05, 0.1) is 5.56 Å². The van der Waals surface area contributed by atoms with Crippen molar-refractivity contribution in [2.75, 3.05) is 11.1 Å². The van der Waals surface area contributed by atoms with Crippen molar-refractivity contribution in [3.8, 4) is 0 Å². The summed E-state index contributed by atoms with van der Waals surface area (Å²) in [4.78, 5) is 12.0. The first-order chi connectivity index (χ1) is 8.60. The molecule has 18 heavy (non-hydrogen) atoms. The van der Waals surface area contributed by atoms with Gasteiger partial charge < -0.3 is 11.1 Å². The fourth-order valence-corrected chi connectivity index (χ4v) is 1.91. The lowest BCUT2D eigenvalue weighted by molar-refractivity contribution is 0.102. The number of nitrogen functional groups attached to an aromatic ring is 1. The minimum atomic E-state index is -0.269. The number of nitrogens with one attached hydrogen (secondary N) is 2. The molecule has 0 aliphatic rings. The molecule has 0 fully saturated rings. The summed E-state index contributed by atoms with van der Waals surface area (Å²) in [6.45, 7) is 2.01. The molecule has 0 bridgehead atoms. The summed E-state index contributed by atoms with van der Waals surface area (Å²) in [7, 11) is 0. The van der Waals surface area contributed by atoms with Crippen LogP contribution < -0.4 is 11.1 Å². The minimum Gasteiger partial charge on any atom is -0.398 e. The van der Waals surface area contributed by atoms with E-state index in [4.69, 9.17) is 5.73 Å². The molecule has 0 saturated heterocycles. The Morgan fingerprint density at radius 3 is 2.89 bits per heavy atom. The summed E-state index contributed by atoms with van der Waals surface area (Å²) in [5.74, 6) is 0.230. The van der Waals surface area contributed by atoms with Crippen LogP contribution in [0.15, 0.2) is 28.7 Å². The number of nitrogens with two attached hydrogens (primary N) is 1. The van der Waals surface area contributed by atoms with Crippen molar-refractivity contribution in [1.82, 2.24) is 10.2 Å². The number of hydrogen-bond acceptors (Lipinski definition) is 3. The Morgan fingerprint density at radius 2 is 2.28 bits per heavy atom. The van der Waals surface area contributed by atoms with Crippen LogP contribution in [0.4, 0.5) is 11.5 Å². The number of halogens is 1. The minimum absolute atomic E-state index is 0.269. The summed E-state index contributed by atoms with van der Waals surface area (Å²) in [6.07, 6.45) is 0.837. The van der Waals surface area contributed by atoms with Crippen LogP contribution in [0.5, 0.6) is 0 Å². The van der Waals surface area contributed by atoms with Gasteiger partial charge in [-0.3, -0.25) is 9.89 Å². The van der Waals surface area contributed by atoms with Crippen molar-refractivity contribution in [2.24, 2.45) is 0 Å². The predicted molar refractivity (Wildman–Crippen MR) is 74.5 cm³/mol. The van der Waals surface area contributed by atoms with Gasteiger partial charge in [-0.1, -0.05) is 22.9 Å². The van der Waals surface area contributed by atoms with Gasteiger partial charge in [-0.15, -0.1) is 0 Å². The first-order valence-corrected chi connectivity index (χ1v) is 6.30. The SMILES string of the molecule is CCc1cc(NC(=O)c2ccc(Br)cc2N)n[nH]1. The number of nitrogens with zero attached hydrogens (tertiary/aromatic N) is 1. The van der Waals surface area contributed by atoms with E-state index in [1.807, 2.05) is 6.92 Å². The molecule has 1 aromatic heterocycles. The summed E-state index contributed by atoms with van der Waals surface area (Å²) in [6, 6.07) is 6.93. The third kappa shape index (κ3) is 2.70. The number of aromatic amines is 1. The molecule has 2 rings (SSSR count). The maximum absolute atomic E-state index is 12.0. The third-order valence-corrected chi connectivity index (χ3v) is 3.00. The van der Waals surface area contributed by atoms with Crippen LogP contribution in [-0.4, -0.2) is 16.1 Å². The van der Waals surface area contributed by atoms with Gasteiger partial charge >= 0.3 is 0 Å². The van der Waals surface area contributed by atoms with E-state index in [-0.39, 0.29) is 5.91 Å². The lowest BCUT2D eigenvalue weighted by Crippen LogP contribution is -2.14. The van der Waals surface area contributed by atoms with E-state index in [0.29, 0.717) is 17.1 Å². The van der Waals surface area contributed by atoms with Crippen molar-refractivity contribution in [3.05, 3.63) is 40.0 Å². The van der Waals surface area contributed by atoms with Crippen LogP contribution in [-0.2, 0) is 6.42 Å². The maximum Gasteiger partial charge on any atom is 0.258 e. The fraction of sp³-hybridized carbons (Fsp3) is 0.167. The molecule has 1 amide bonds. The van der Waals surface area contributed by atoms with Gasteiger partial charge in [-0.05, 0) is 24.6 Å². The van der Waals surface area contributed by atoms with Crippen molar-refractivity contribution < 1.29 is 4.79 Å². The molecule has 0 saturated carbocycles. The van der Waals surface area contributed by atoms with Crippen molar-refractivity contribution in [1.29, 1.82) is 0 Å². The highest BCUT2D eigenvalue weighted by Gasteiger charge is 2.11. The highest BCUT2D eigenvalue weighted by Crippen LogP contribution is 2.19. The summed E-state index contributed by atoms with van der Waals surface area (Å²) in [5, 5.41) is 9.52. The van der Waals surface area contributed by atoms with Crippen molar-refractivity contribution in [2.45, 2.75) is 13.3 Å². The zero-order valence-corrected chi connectivity index (χ0v) is 11.4. The topological polar surface area (TPSA) is 83.8 Å². The van der Waals surface area contributed by atoms with E-state index in [1.54, 1.807) is 24.3 Å². The number of anilines is 2. The van der Waals surface area contributed by atoms with Crippen LogP contribution in [0.25, 0.3) is 0 Å². The molecule has 1 heterocycles. The van der Waals surface area contributed by atoms with Crippen LogP contribution >= 0.6 is 15.9 Å². The van der Waals surface area contributed by atoms with E-state index < -0.39 is 0 Å². The van der Waals surface area contributed by atoms with Crippen LogP contribution in [0.2, 0.25) is 0 Å². The zero-order chi connectivity index (χ0) is 13.1. The quantitative estimate of drug-likeness (QED) is 0.762. The van der Waals surface area contributed by atoms with Crippen LogP contribution in [0.1, 0.15) is 23.0 Å². The molecule has 2 aromatic rings. The third-order valence-electron chi connectivity index (χ3n) is 2.51. The number of H-pyrrole nitrogens is 1. The molecule has 94 valence electrons. The van der Waals surface area contributed by atoms with E-state index in [9.17, 15) is 4.79 Å². The van der Waals surface area contributed by atoms with Gasteiger partial charge in [0.2, 0.25) is 0 Å². The van der Waals surface area contributed by atoms with Gasteiger partial charge in [0.25, 0.3) is 5.91 Å². The van der Waals surface area contributed by atoms with Crippen molar-refractivity contribution in [3.63, 3.8) is 0 Å². The smallest absolute Gasteiger partial charge is 0.258 e. The lowest BCUT2D eigenvalue weighted by Gasteiger charge is -2.05. The molecule has 1 aromatic carbocycles. The van der Waals surface area contributed by atoms with Crippen LogP contribution in [0, 0.1) is 0 Å². The number of hydrogen-bond donors (Lipinski definition) is 3. The van der Waals surface area contributed by atoms with E-state index >= 15 is 0 Å². The van der Waals surface area contributed by atoms with Gasteiger partial charge in [-0.2, -0.15) is 5.10 Å². The van der Waals surface area contributed by atoms with E-state index in [0.717, 1.165) is 16.6 Å². The standard InChI is InChI=1S/C12H13BrN4O/c1-2-8-6-11(17-16-8)15-12(18)9-4-3-7(13)5-10(9)14/h3-6H,2,14H2,1H3,(H2,15,16,17,18). The second kappa shape index (κ2) is 5.22. The van der Waals surface area contributed by atoms with Gasteiger partial charge in [0.1, 0.15) is 0 Å². The second-order valence-electron chi connectivity index (χ2n) is 3.82. The average molecular weight is 309 g/mol. The molecule has 0 aliphatic heterocycles. The lowest BCUT2D eigenvalue weighted by atomic mass is 10.1. The predicted octanol–water partition coefficient (Wildman–Crippen LogP) is 2.57. The Hall–Kier alpha value is -1.82. The number of rotatable bonds is 3. The van der Waals surface area contributed by atoms with Gasteiger partial charge in [-0.25, -0.2) is 0 Å². The summed E-state index contributed by atoms with van der Waals surface area (Å²) >= 11 is 3.30. The largest absolute Gasteiger partial charge is 0.398 e. The molecule has 0 spiro atoms. The average Bonchev–Trinajstić information content (AvgIpc) is 2.76. The molecule has 5 nitrogen and oxygen atoms in total. The Labute approximate surface area is 113 Å². The number of carbonyl (C=O) groups is 1. The number of amides is 1. The fourth-order valence-electron chi connectivity index (χ4n) is 1.53. The molecule has 0 radical (unpaired) electrons. The summed E-state index contributed by atoms with van der Waals surface area (Å²) < 4.78 is 0.838. The molecule has 0 unspecified atom stereocenters. The molecular formula is C12H13BrN4O. The Kier molecular flexibility index (Phi) is 3.66. The Balaban J connectivity index is 2.16. The Morgan fingerprint density at radius 1 is 1.50 bits per heavy atom. The highest BCUT2D eigenvalue weighted by atomic mass is 79.9. The molecule has 6 heteroatoms. The first kappa shape index (κ1) is 12.6. The molecular weight excluding hydrogens is 296 g/mol. The molecule has 0 aliphatic carbocycles. The van der Waals surface area contributed by atoms with Crippen LogP contribution in [0.3, 0.4) is 0 Å². The Bertz CT molecular complexity index is 579. The maximum atomic E-state index is 12.0. The first-order valence-electron chi connectivity index (χ1n) is 5.51. The van der Waals surface area contributed by atoms with E-state index in [2.05, 4.69) is 31.4 Å². The zero-order valence-electron chi connectivity index (χ0n) is 9.83. The van der Waals surface area contributed by atoms with Crippen molar-refractivity contribution >= 4 is 33.3 Å². The number of carbonyl (C=O) groups excluding carboxylic acids is 1.